The molecule has 17 heteroatoms. The monoisotopic (exact) mass is 1110 g/mol. The maximum atomic E-state index is 14.5. The fourth-order valence-corrected chi connectivity index (χ4v) is 8.41. The minimum Gasteiger partial charge on any atom is -0.489 e. The van der Waals surface area contributed by atoms with Crippen LogP contribution in [0.25, 0.3) is 11.1 Å². The first-order valence-corrected chi connectivity index (χ1v) is 26.9. The molecule has 0 aliphatic rings. The van der Waals surface area contributed by atoms with Gasteiger partial charge in [-0.15, -0.1) is 0 Å². The van der Waals surface area contributed by atoms with Crippen molar-refractivity contribution in [1.82, 2.24) is 21.3 Å². The maximum Gasteiger partial charge on any atom is 0.408 e. The number of aliphatic carboxylic acids is 1. The average Bonchev–Trinajstić information content (AvgIpc) is 3.66. The summed E-state index contributed by atoms with van der Waals surface area (Å²) in [5, 5.41) is 21.2. The molecule has 0 heterocycles. The highest BCUT2D eigenvalue weighted by Crippen LogP contribution is 2.33. The Balaban J connectivity index is 1.19. The minimum absolute atomic E-state index is 0.0172. The van der Waals surface area contributed by atoms with Gasteiger partial charge in [-0.2, -0.15) is 0 Å². The van der Waals surface area contributed by atoms with Crippen molar-refractivity contribution in [2.24, 2.45) is 0 Å². The summed E-state index contributed by atoms with van der Waals surface area (Å²) < 4.78 is 34.9. The van der Waals surface area contributed by atoms with Crippen LogP contribution in [0.1, 0.15) is 72.6 Å². The lowest BCUT2D eigenvalue weighted by atomic mass is 9.95. The Morgan fingerprint density at radius 2 is 0.963 bits per heavy atom. The molecule has 0 bridgehead atoms. The zero-order valence-electron chi connectivity index (χ0n) is 46.0. The minimum atomic E-state index is -1.44. The van der Waals surface area contributed by atoms with Crippen molar-refractivity contribution in [3.63, 3.8) is 0 Å². The molecule has 7 rings (SSSR count). The molecule has 17 nitrogen and oxygen atoms in total. The Morgan fingerprint density at radius 1 is 0.463 bits per heavy atom. The Bertz CT molecular complexity index is 3180. The summed E-state index contributed by atoms with van der Waals surface area (Å²) in [7, 11) is 0. The molecule has 7 aromatic rings. The fourth-order valence-electron chi connectivity index (χ4n) is 8.41. The maximum absolute atomic E-state index is 14.5. The SMILES string of the molecule is CC(C)(C)OC(=O)N[C@@H](CCCNC(=O)OCc1ccccc1)C(=O)N[C@@H](Cc1cc(OCc2ccccc2)cc(-c2ccc(OCc3ccccc3)c(C[C@H](NC(=O)OCc3ccccc3)C(=O)O)c2)c1)C(=O)OCc1ccccc1. The zero-order chi connectivity index (χ0) is 58.1. The molecule has 0 spiro atoms. The molecule has 5 N–H and O–H groups in total. The second-order valence-electron chi connectivity index (χ2n) is 20.2. The quantitative estimate of drug-likeness (QED) is 0.0184. The highest BCUT2D eigenvalue weighted by molar-refractivity contribution is 5.90. The van der Waals surface area contributed by atoms with Gasteiger partial charge in [0.25, 0.3) is 0 Å². The standard InChI is InChI=1S/C65H68N4O13/c1-65(2,3)82-64(76)68-55(30-19-33-66-62(74)80-43-48-26-15-7-16-27-48)59(70)67-57(61(73)79-42-47-24-13-6-14-25-47)36-50-34-52(38-54(35-50)77-40-45-20-9-4-10-21-45)51-31-32-58(78-41-46-22-11-5-12-23-46)53(37-51)39-56(60(71)72)69-63(75)81-44-49-28-17-8-18-29-49/h4-18,20-29,31-32,34-35,37-38,55-57H,19,30,33,36,39-44H2,1-3H3,(H,66,74)(H,67,70)(H,68,76)(H,69,75)(H,71,72)/t55-,56-,57-/m0/s1. The number of carboxylic acid groups (broad SMARTS) is 1. The number of esters is 1. The van der Waals surface area contributed by atoms with Crippen LogP contribution in [0.2, 0.25) is 0 Å². The molecule has 4 amide bonds. The van der Waals surface area contributed by atoms with E-state index in [0.29, 0.717) is 39.3 Å². The van der Waals surface area contributed by atoms with Crippen LogP contribution in [0.4, 0.5) is 14.4 Å². The number of hydrogen-bond donors (Lipinski definition) is 5. The summed E-state index contributed by atoms with van der Waals surface area (Å²) in [5.74, 6) is -2.04. The number of amides is 4. The smallest absolute Gasteiger partial charge is 0.408 e. The average molecular weight is 1110 g/mol. The number of alkyl carbamates (subject to hydrolysis) is 3. The van der Waals surface area contributed by atoms with Gasteiger partial charge in [0.2, 0.25) is 5.91 Å². The van der Waals surface area contributed by atoms with Crippen molar-refractivity contribution in [1.29, 1.82) is 0 Å². The second kappa shape index (κ2) is 30.6. The van der Waals surface area contributed by atoms with Crippen LogP contribution in [0, 0.1) is 0 Å². The largest absolute Gasteiger partial charge is 0.489 e. The van der Waals surface area contributed by atoms with Crippen LogP contribution in [0.5, 0.6) is 11.5 Å². The van der Waals surface area contributed by atoms with Crippen molar-refractivity contribution < 1.29 is 62.3 Å². The third kappa shape index (κ3) is 20.5. The molecule has 0 radical (unpaired) electrons. The molecular formula is C65H68N4O13. The Labute approximate surface area is 477 Å². The van der Waals surface area contributed by atoms with Gasteiger partial charge in [-0.3, -0.25) is 4.79 Å². The lowest BCUT2D eigenvalue weighted by Crippen LogP contribution is -2.53. The van der Waals surface area contributed by atoms with Gasteiger partial charge in [0, 0.05) is 19.4 Å². The Kier molecular flexibility index (Phi) is 22.4. The summed E-state index contributed by atoms with van der Waals surface area (Å²) in [6.45, 7) is 5.34. The van der Waals surface area contributed by atoms with Crippen molar-refractivity contribution >= 4 is 36.1 Å². The van der Waals surface area contributed by atoms with E-state index in [1.54, 1.807) is 87.5 Å². The van der Waals surface area contributed by atoms with E-state index in [4.69, 9.17) is 28.4 Å². The van der Waals surface area contributed by atoms with Crippen LogP contribution in [0.3, 0.4) is 0 Å². The van der Waals surface area contributed by atoms with Gasteiger partial charge in [0.1, 0.15) is 68.3 Å². The number of ether oxygens (including phenoxy) is 6. The number of hydrogen-bond acceptors (Lipinski definition) is 12. The van der Waals surface area contributed by atoms with Gasteiger partial charge in [-0.25, -0.2) is 24.0 Å². The number of benzene rings is 7. The van der Waals surface area contributed by atoms with Gasteiger partial charge < -0.3 is 54.8 Å². The predicted molar refractivity (Wildman–Crippen MR) is 307 cm³/mol. The molecule has 0 saturated heterocycles. The third-order valence-corrected chi connectivity index (χ3v) is 12.5. The molecular weight excluding hydrogens is 1040 g/mol. The van der Waals surface area contributed by atoms with Crippen LogP contribution >= 0.6 is 0 Å². The number of carbonyl (C=O) groups is 6. The molecule has 3 atom stereocenters. The third-order valence-electron chi connectivity index (χ3n) is 12.5. The van der Waals surface area contributed by atoms with E-state index >= 15 is 0 Å². The molecule has 0 aliphatic heterocycles. The normalized spacial score (nSPS) is 12.0. The molecule has 0 saturated carbocycles. The molecule has 7 aromatic carbocycles. The molecule has 0 unspecified atom stereocenters. The Hall–Kier alpha value is -9.64. The predicted octanol–water partition coefficient (Wildman–Crippen LogP) is 10.8. The van der Waals surface area contributed by atoms with Gasteiger partial charge in [-0.1, -0.05) is 164 Å². The van der Waals surface area contributed by atoms with E-state index in [1.807, 2.05) is 121 Å². The van der Waals surface area contributed by atoms with Crippen LogP contribution in [0.15, 0.2) is 188 Å². The summed E-state index contributed by atoms with van der Waals surface area (Å²) in [5.41, 5.74) is 5.21. The highest BCUT2D eigenvalue weighted by atomic mass is 16.6. The summed E-state index contributed by atoms with van der Waals surface area (Å²) >= 11 is 0. The van der Waals surface area contributed by atoms with E-state index in [2.05, 4.69) is 21.3 Å². The van der Waals surface area contributed by atoms with Crippen molar-refractivity contribution in [3.8, 4) is 22.6 Å². The van der Waals surface area contributed by atoms with Gasteiger partial charge in [0.15, 0.2) is 0 Å². The first kappa shape index (κ1) is 60.0. The van der Waals surface area contributed by atoms with E-state index in [-0.39, 0.29) is 65.3 Å². The van der Waals surface area contributed by atoms with Crippen LogP contribution < -0.4 is 30.7 Å². The molecule has 0 fully saturated rings. The lowest BCUT2D eigenvalue weighted by Gasteiger charge is -2.25. The van der Waals surface area contributed by atoms with E-state index in [0.717, 1.165) is 22.3 Å². The summed E-state index contributed by atoms with van der Waals surface area (Å²) in [4.78, 5) is 80.7. The number of nitrogens with one attached hydrogen (secondary N) is 4. The fraction of sp³-hybridized carbons (Fsp3) is 0.262. The van der Waals surface area contributed by atoms with Gasteiger partial charge in [0.05, 0.1) is 0 Å². The first-order chi connectivity index (χ1) is 39.6. The summed E-state index contributed by atoms with van der Waals surface area (Å²) in [6, 6.07) is 52.8. The molecule has 426 valence electrons. The first-order valence-electron chi connectivity index (χ1n) is 26.9. The van der Waals surface area contributed by atoms with Crippen molar-refractivity contribution in [2.45, 2.75) is 103 Å². The number of rotatable bonds is 27. The molecule has 0 aliphatic carbocycles. The second-order valence-corrected chi connectivity index (χ2v) is 20.2. The van der Waals surface area contributed by atoms with Gasteiger partial charge >= 0.3 is 30.2 Å². The van der Waals surface area contributed by atoms with E-state index in [9.17, 15) is 33.9 Å². The number of carbonyl (C=O) groups excluding carboxylic acids is 5. The Morgan fingerprint density at radius 3 is 1.50 bits per heavy atom. The molecule has 82 heavy (non-hydrogen) atoms. The molecule has 0 aromatic heterocycles. The zero-order valence-corrected chi connectivity index (χ0v) is 46.0. The summed E-state index contributed by atoms with van der Waals surface area (Å²) in [6.07, 6.45) is -2.57. The van der Waals surface area contributed by atoms with Crippen molar-refractivity contribution in [2.75, 3.05) is 6.54 Å². The van der Waals surface area contributed by atoms with Gasteiger partial charge in [-0.05, 0) is 108 Å². The van der Waals surface area contributed by atoms with Crippen molar-refractivity contribution in [3.05, 3.63) is 227 Å². The topological polar surface area (TPSA) is 226 Å². The highest BCUT2D eigenvalue weighted by Gasteiger charge is 2.30. The number of carboxylic acids is 1. The van der Waals surface area contributed by atoms with Crippen LogP contribution in [-0.4, -0.2) is 71.5 Å². The van der Waals surface area contributed by atoms with E-state index < -0.39 is 59.9 Å². The van der Waals surface area contributed by atoms with E-state index in [1.165, 1.54) is 0 Å². The van der Waals surface area contributed by atoms with Crippen LogP contribution in [-0.2, 0) is 79.2 Å². The lowest BCUT2D eigenvalue weighted by molar-refractivity contribution is -0.149.